The molecular weight excluding hydrogens is 342 g/mol. The van der Waals surface area contributed by atoms with E-state index in [0.29, 0.717) is 44.3 Å². The zero-order chi connectivity index (χ0) is 17.6. The fourth-order valence-electron chi connectivity index (χ4n) is 2.98. The summed E-state index contributed by atoms with van der Waals surface area (Å²) in [6.45, 7) is 1.87. The molecular formula is C18H22ClN3O3. The van der Waals surface area contributed by atoms with Crippen LogP contribution in [0, 0.1) is 0 Å². The summed E-state index contributed by atoms with van der Waals surface area (Å²) in [6.07, 6.45) is 2.70. The SMILES string of the molecule is COCCc1noc([C@@H]2CCC(=O)N(CCc3ccc(Cl)cc3)C2)n1. The molecule has 1 aromatic carbocycles. The number of carbonyl (C=O) groups excluding carboxylic acids is 1. The maximum Gasteiger partial charge on any atom is 0.231 e. The van der Waals surface area contributed by atoms with Gasteiger partial charge in [0.15, 0.2) is 5.82 Å². The number of amides is 1. The van der Waals surface area contributed by atoms with E-state index in [-0.39, 0.29) is 11.8 Å². The van der Waals surface area contributed by atoms with Gasteiger partial charge in [-0.15, -0.1) is 0 Å². The highest BCUT2D eigenvalue weighted by atomic mass is 35.5. The standard InChI is InChI=1S/C18H22ClN3O3/c1-24-11-9-16-20-18(25-21-16)14-4-7-17(23)22(12-14)10-8-13-2-5-15(19)6-3-13/h2-3,5-6,14H,4,7-12H2,1H3/t14-/m1/s1. The number of carbonyl (C=O) groups is 1. The monoisotopic (exact) mass is 363 g/mol. The minimum Gasteiger partial charge on any atom is -0.384 e. The number of hydrogen-bond donors (Lipinski definition) is 0. The van der Waals surface area contributed by atoms with E-state index in [1.165, 1.54) is 5.56 Å². The molecule has 1 saturated heterocycles. The molecule has 1 amide bonds. The van der Waals surface area contributed by atoms with Crippen LogP contribution in [0.4, 0.5) is 0 Å². The van der Waals surface area contributed by atoms with Gasteiger partial charge in [0.2, 0.25) is 11.8 Å². The second-order valence-corrected chi connectivity index (χ2v) is 6.68. The van der Waals surface area contributed by atoms with Gasteiger partial charge < -0.3 is 14.2 Å². The highest BCUT2D eigenvalue weighted by Gasteiger charge is 2.30. The minimum atomic E-state index is 0.103. The lowest BCUT2D eigenvalue weighted by Crippen LogP contribution is -2.40. The summed E-state index contributed by atoms with van der Waals surface area (Å²) in [5.74, 6) is 1.56. The maximum atomic E-state index is 12.2. The Morgan fingerprint density at radius 1 is 1.32 bits per heavy atom. The van der Waals surface area contributed by atoms with E-state index in [2.05, 4.69) is 10.1 Å². The van der Waals surface area contributed by atoms with E-state index in [9.17, 15) is 4.79 Å². The Balaban J connectivity index is 1.58. The molecule has 1 fully saturated rings. The molecule has 0 spiro atoms. The molecule has 2 heterocycles. The average molecular weight is 364 g/mol. The lowest BCUT2D eigenvalue weighted by Gasteiger charge is -2.31. The van der Waals surface area contributed by atoms with E-state index in [1.807, 2.05) is 29.2 Å². The summed E-state index contributed by atoms with van der Waals surface area (Å²) < 4.78 is 10.4. The molecule has 3 rings (SSSR count). The predicted octanol–water partition coefficient (Wildman–Crippen LogP) is 2.86. The van der Waals surface area contributed by atoms with Crippen molar-refractivity contribution in [3.8, 4) is 0 Å². The van der Waals surface area contributed by atoms with Gasteiger partial charge in [0.1, 0.15) is 0 Å². The van der Waals surface area contributed by atoms with Crippen LogP contribution in [0.1, 0.15) is 36.0 Å². The van der Waals surface area contributed by atoms with Crippen molar-refractivity contribution in [1.29, 1.82) is 0 Å². The molecule has 2 aromatic rings. The molecule has 0 N–H and O–H groups in total. The lowest BCUT2D eigenvalue weighted by atomic mass is 9.97. The molecule has 1 aliphatic heterocycles. The van der Waals surface area contributed by atoms with Crippen LogP contribution in [0.5, 0.6) is 0 Å². The van der Waals surface area contributed by atoms with Crippen LogP contribution in [0.2, 0.25) is 5.02 Å². The quantitative estimate of drug-likeness (QED) is 0.756. The van der Waals surface area contributed by atoms with Gasteiger partial charge in [-0.1, -0.05) is 28.9 Å². The fraction of sp³-hybridized carbons (Fsp3) is 0.500. The summed E-state index contributed by atoms with van der Waals surface area (Å²) in [5, 5.41) is 4.71. The second kappa shape index (κ2) is 8.45. The largest absolute Gasteiger partial charge is 0.384 e. The van der Waals surface area contributed by atoms with E-state index in [1.54, 1.807) is 7.11 Å². The lowest BCUT2D eigenvalue weighted by molar-refractivity contribution is -0.133. The van der Waals surface area contributed by atoms with Gasteiger partial charge in [0.25, 0.3) is 0 Å². The van der Waals surface area contributed by atoms with Crippen molar-refractivity contribution >= 4 is 17.5 Å². The number of nitrogens with zero attached hydrogens (tertiary/aromatic N) is 3. The minimum absolute atomic E-state index is 0.103. The van der Waals surface area contributed by atoms with Gasteiger partial charge in [0, 0.05) is 38.1 Å². The Labute approximate surface area is 152 Å². The summed E-state index contributed by atoms with van der Waals surface area (Å²) in [6, 6.07) is 7.73. The third-order valence-electron chi connectivity index (χ3n) is 4.45. The fourth-order valence-corrected chi connectivity index (χ4v) is 3.10. The number of hydrogen-bond acceptors (Lipinski definition) is 5. The number of rotatable bonds is 7. The second-order valence-electron chi connectivity index (χ2n) is 6.24. The summed E-state index contributed by atoms with van der Waals surface area (Å²) in [7, 11) is 1.65. The molecule has 0 saturated carbocycles. The van der Waals surface area contributed by atoms with Crippen molar-refractivity contribution in [1.82, 2.24) is 15.0 Å². The predicted molar refractivity (Wildman–Crippen MR) is 93.6 cm³/mol. The molecule has 0 bridgehead atoms. The van der Waals surface area contributed by atoms with Crippen LogP contribution in [-0.4, -0.2) is 47.8 Å². The number of methoxy groups -OCH3 is 1. The molecule has 0 unspecified atom stereocenters. The van der Waals surface area contributed by atoms with Crippen molar-refractivity contribution in [2.75, 3.05) is 26.8 Å². The molecule has 1 atom stereocenters. The average Bonchev–Trinajstić information content (AvgIpc) is 3.09. The van der Waals surface area contributed by atoms with Crippen molar-refractivity contribution in [2.45, 2.75) is 31.6 Å². The van der Waals surface area contributed by atoms with Crippen LogP contribution in [0.25, 0.3) is 0 Å². The first-order chi connectivity index (χ1) is 12.2. The number of piperidine rings is 1. The number of halogens is 1. The third kappa shape index (κ3) is 4.80. The van der Waals surface area contributed by atoms with E-state index in [0.717, 1.165) is 17.9 Å². The van der Waals surface area contributed by atoms with Crippen molar-refractivity contribution in [3.63, 3.8) is 0 Å². The third-order valence-corrected chi connectivity index (χ3v) is 4.70. The molecule has 0 radical (unpaired) electrons. The number of ether oxygens (including phenoxy) is 1. The summed E-state index contributed by atoms with van der Waals surface area (Å²) in [4.78, 5) is 18.6. The van der Waals surface area contributed by atoms with Gasteiger partial charge in [0.05, 0.1) is 12.5 Å². The first-order valence-corrected chi connectivity index (χ1v) is 8.87. The van der Waals surface area contributed by atoms with Gasteiger partial charge in [-0.25, -0.2) is 0 Å². The Morgan fingerprint density at radius 3 is 2.88 bits per heavy atom. The zero-order valence-electron chi connectivity index (χ0n) is 14.3. The zero-order valence-corrected chi connectivity index (χ0v) is 15.0. The topological polar surface area (TPSA) is 68.5 Å². The number of benzene rings is 1. The van der Waals surface area contributed by atoms with Crippen LogP contribution in [0.3, 0.4) is 0 Å². The van der Waals surface area contributed by atoms with Gasteiger partial charge in [-0.2, -0.15) is 4.98 Å². The normalized spacial score (nSPS) is 17.9. The molecule has 6 nitrogen and oxygen atoms in total. The summed E-state index contributed by atoms with van der Waals surface area (Å²) in [5.41, 5.74) is 1.17. The van der Waals surface area contributed by atoms with Crippen LogP contribution < -0.4 is 0 Å². The molecule has 7 heteroatoms. The Hall–Kier alpha value is -1.92. The van der Waals surface area contributed by atoms with Crippen molar-refractivity contribution in [2.24, 2.45) is 0 Å². The molecule has 134 valence electrons. The first-order valence-electron chi connectivity index (χ1n) is 8.49. The van der Waals surface area contributed by atoms with Crippen molar-refractivity contribution < 1.29 is 14.1 Å². The van der Waals surface area contributed by atoms with Gasteiger partial charge in [-0.3, -0.25) is 4.79 Å². The van der Waals surface area contributed by atoms with Crippen LogP contribution in [-0.2, 0) is 22.4 Å². The maximum absolute atomic E-state index is 12.2. The van der Waals surface area contributed by atoms with Gasteiger partial charge >= 0.3 is 0 Å². The molecule has 1 aliphatic rings. The van der Waals surface area contributed by atoms with E-state index < -0.39 is 0 Å². The Kier molecular flexibility index (Phi) is 6.04. The van der Waals surface area contributed by atoms with E-state index >= 15 is 0 Å². The Bertz CT molecular complexity index is 702. The molecule has 1 aromatic heterocycles. The Morgan fingerprint density at radius 2 is 2.12 bits per heavy atom. The molecule has 0 aliphatic carbocycles. The van der Waals surface area contributed by atoms with Crippen LogP contribution in [0.15, 0.2) is 28.8 Å². The highest BCUT2D eigenvalue weighted by molar-refractivity contribution is 6.30. The smallest absolute Gasteiger partial charge is 0.231 e. The highest BCUT2D eigenvalue weighted by Crippen LogP contribution is 2.26. The van der Waals surface area contributed by atoms with Crippen LogP contribution >= 0.6 is 11.6 Å². The number of aromatic nitrogens is 2. The van der Waals surface area contributed by atoms with Crippen molar-refractivity contribution in [3.05, 3.63) is 46.6 Å². The number of likely N-dealkylation sites (tertiary alicyclic amines) is 1. The first kappa shape index (κ1) is 17.9. The van der Waals surface area contributed by atoms with E-state index in [4.69, 9.17) is 20.9 Å². The molecule has 25 heavy (non-hydrogen) atoms. The summed E-state index contributed by atoms with van der Waals surface area (Å²) >= 11 is 5.91. The van der Waals surface area contributed by atoms with Gasteiger partial charge in [-0.05, 0) is 30.5 Å².